The van der Waals surface area contributed by atoms with Gasteiger partial charge in [0.1, 0.15) is 5.82 Å². The zero-order chi connectivity index (χ0) is 19.4. The van der Waals surface area contributed by atoms with Crippen molar-refractivity contribution in [3.05, 3.63) is 30.1 Å². The van der Waals surface area contributed by atoms with Gasteiger partial charge >= 0.3 is 5.97 Å². The van der Waals surface area contributed by atoms with Crippen molar-refractivity contribution < 1.29 is 23.9 Å². The Hall–Kier alpha value is -2.44. The number of carbonyl (C=O) groups is 3. The molecule has 2 amide bonds. The molecule has 6 nitrogen and oxygen atoms in total. The summed E-state index contributed by atoms with van der Waals surface area (Å²) < 4.78 is 13.2. The molecule has 0 spiro atoms. The van der Waals surface area contributed by atoms with Crippen molar-refractivity contribution in [2.24, 2.45) is 17.8 Å². The van der Waals surface area contributed by atoms with Gasteiger partial charge in [0.25, 0.3) is 0 Å². The zero-order valence-electron chi connectivity index (χ0n) is 15.2. The second kappa shape index (κ2) is 8.50. The largest absolute Gasteiger partial charge is 0.481 e. The van der Waals surface area contributed by atoms with Crippen LogP contribution in [-0.2, 0) is 14.4 Å². The summed E-state index contributed by atoms with van der Waals surface area (Å²) in [6.07, 6.45) is 3.67. The van der Waals surface area contributed by atoms with Gasteiger partial charge in [-0.1, -0.05) is 12.5 Å². The molecule has 0 radical (unpaired) electrons. The minimum atomic E-state index is -0.819. The number of carboxylic acids is 1. The molecule has 7 heteroatoms. The first-order chi connectivity index (χ1) is 12.9. The predicted octanol–water partition coefficient (Wildman–Crippen LogP) is 2.89. The van der Waals surface area contributed by atoms with Crippen LogP contribution in [0, 0.1) is 23.6 Å². The van der Waals surface area contributed by atoms with Gasteiger partial charge in [-0.05, 0) is 50.3 Å². The Balaban J connectivity index is 1.50. The lowest BCUT2D eigenvalue weighted by molar-refractivity contribution is -0.146. The number of hydrogen-bond donors (Lipinski definition) is 2. The molecular formula is C20H25FN2O4. The third-order valence-corrected chi connectivity index (χ3v) is 5.64. The fourth-order valence-electron chi connectivity index (χ4n) is 4.07. The molecule has 1 saturated carbocycles. The molecular weight excluding hydrogens is 351 g/mol. The van der Waals surface area contributed by atoms with Gasteiger partial charge in [-0.15, -0.1) is 0 Å². The van der Waals surface area contributed by atoms with Crippen LogP contribution in [0.15, 0.2) is 24.3 Å². The molecule has 0 aromatic heterocycles. The van der Waals surface area contributed by atoms with Crippen molar-refractivity contribution in [3.8, 4) is 0 Å². The number of aliphatic carboxylic acids is 1. The van der Waals surface area contributed by atoms with Crippen molar-refractivity contribution in [2.75, 3.05) is 18.4 Å². The third-order valence-electron chi connectivity index (χ3n) is 5.64. The molecule has 2 aliphatic rings. The van der Waals surface area contributed by atoms with E-state index in [-0.39, 0.29) is 23.7 Å². The van der Waals surface area contributed by atoms with Crippen molar-refractivity contribution >= 4 is 23.5 Å². The van der Waals surface area contributed by atoms with E-state index < -0.39 is 17.7 Å². The van der Waals surface area contributed by atoms with Crippen LogP contribution in [0.1, 0.15) is 38.5 Å². The highest BCUT2D eigenvalue weighted by Crippen LogP contribution is 2.31. The molecule has 1 heterocycles. The van der Waals surface area contributed by atoms with Crippen molar-refractivity contribution in [1.29, 1.82) is 0 Å². The first-order valence-electron chi connectivity index (χ1n) is 9.52. The minimum absolute atomic E-state index is 0.0185. The number of nitrogens with zero attached hydrogens (tertiary/aromatic N) is 1. The van der Waals surface area contributed by atoms with E-state index in [0.717, 1.165) is 12.8 Å². The number of amides is 2. The van der Waals surface area contributed by atoms with E-state index in [9.17, 15) is 23.9 Å². The number of piperidine rings is 1. The lowest BCUT2D eigenvalue weighted by atomic mass is 9.80. The van der Waals surface area contributed by atoms with Crippen LogP contribution in [-0.4, -0.2) is 40.9 Å². The molecule has 27 heavy (non-hydrogen) atoms. The highest BCUT2D eigenvalue weighted by molar-refractivity contribution is 5.92. The van der Waals surface area contributed by atoms with E-state index in [0.29, 0.717) is 44.5 Å². The number of benzene rings is 1. The van der Waals surface area contributed by atoms with Crippen LogP contribution in [0.5, 0.6) is 0 Å². The highest BCUT2D eigenvalue weighted by atomic mass is 19.1. The molecule has 146 valence electrons. The molecule has 2 atom stereocenters. The molecule has 1 saturated heterocycles. The zero-order valence-corrected chi connectivity index (χ0v) is 15.2. The first-order valence-corrected chi connectivity index (χ1v) is 9.52. The highest BCUT2D eigenvalue weighted by Gasteiger charge is 2.35. The molecule has 1 aliphatic heterocycles. The van der Waals surface area contributed by atoms with Crippen LogP contribution in [0.25, 0.3) is 0 Å². The van der Waals surface area contributed by atoms with Gasteiger partial charge in [0.05, 0.1) is 5.92 Å². The molecule has 0 bridgehead atoms. The van der Waals surface area contributed by atoms with Crippen LogP contribution in [0.2, 0.25) is 0 Å². The molecule has 2 fully saturated rings. The summed E-state index contributed by atoms with van der Waals surface area (Å²) in [5.41, 5.74) is 0.431. The van der Waals surface area contributed by atoms with E-state index in [1.54, 1.807) is 17.0 Å². The van der Waals surface area contributed by atoms with Crippen molar-refractivity contribution in [3.63, 3.8) is 0 Å². The van der Waals surface area contributed by atoms with Gasteiger partial charge in [-0.2, -0.15) is 0 Å². The van der Waals surface area contributed by atoms with Crippen LogP contribution in [0.3, 0.4) is 0 Å². The minimum Gasteiger partial charge on any atom is -0.481 e. The number of carboxylic acid groups (broad SMARTS) is 1. The first kappa shape index (κ1) is 19.3. The number of rotatable bonds is 4. The average molecular weight is 376 g/mol. The molecule has 1 aromatic carbocycles. The summed E-state index contributed by atoms with van der Waals surface area (Å²) in [5, 5.41) is 11.9. The third kappa shape index (κ3) is 4.84. The Bertz CT molecular complexity index is 716. The average Bonchev–Trinajstić information content (AvgIpc) is 2.67. The molecule has 1 aliphatic carbocycles. The fourth-order valence-corrected chi connectivity index (χ4v) is 4.07. The summed E-state index contributed by atoms with van der Waals surface area (Å²) in [6, 6.07) is 5.78. The number of likely N-dealkylation sites (tertiary alicyclic amines) is 1. The van der Waals surface area contributed by atoms with E-state index in [1.807, 2.05) is 0 Å². The number of hydrogen-bond acceptors (Lipinski definition) is 3. The SMILES string of the molecule is O=C(O)C1CCCC(C(=O)N2CCC(C(=O)Nc3cccc(F)c3)CC2)C1. The maximum absolute atomic E-state index is 13.2. The number of nitrogens with one attached hydrogen (secondary N) is 1. The van der Waals surface area contributed by atoms with Crippen LogP contribution < -0.4 is 5.32 Å². The summed E-state index contributed by atoms with van der Waals surface area (Å²) in [4.78, 5) is 38.0. The lowest BCUT2D eigenvalue weighted by Gasteiger charge is -2.35. The van der Waals surface area contributed by atoms with E-state index in [1.165, 1.54) is 12.1 Å². The molecule has 2 unspecified atom stereocenters. The maximum atomic E-state index is 13.2. The van der Waals surface area contributed by atoms with Gasteiger partial charge in [0, 0.05) is 30.6 Å². The van der Waals surface area contributed by atoms with Crippen molar-refractivity contribution in [2.45, 2.75) is 38.5 Å². The lowest BCUT2D eigenvalue weighted by Crippen LogP contribution is -2.45. The quantitative estimate of drug-likeness (QED) is 0.846. The smallest absolute Gasteiger partial charge is 0.306 e. The Morgan fingerprint density at radius 2 is 1.74 bits per heavy atom. The normalized spacial score (nSPS) is 23.7. The number of anilines is 1. The van der Waals surface area contributed by atoms with E-state index in [4.69, 9.17) is 0 Å². The van der Waals surface area contributed by atoms with Gasteiger partial charge in [-0.3, -0.25) is 14.4 Å². The number of halogens is 1. The van der Waals surface area contributed by atoms with Gasteiger partial charge in [0.15, 0.2) is 0 Å². The topological polar surface area (TPSA) is 86.7 Å². The molecule has 1 aromatic rings. The molecule has 3 rings (SSSR count). The Morgan fingerprint density at radius 1 is 1.04 bits per heavy atom. The Morgan fingerprint density at radius 3 is 2.41 bits per heavy atom. The molecule has 2 N–H and O–H groups in total. The standard InChI is InChI=1S/C20H25FN2O4/c21-16-5-2-6-17(12-16)22-18(24)13-7-9-23(10-8-13)19(25)14-3-1-4-15(11-14)20(26)27/h2,5-6,12-15H,1,3-4,7-11H2,(H,22,24)(H,26,27). The summed E-state index contributed by atoms with van der Waals surface area (Å²) in [5.74, 6) is -2.22. The van der Waals surface area contributed by atoms with Gasteiger partial charge in [-0.25, -0.2) is 4.39 Å². The maximum Gasteiger partial charge on any atom is 0.306 e. The van der Waals surface area contributed by atoms with Gasteiger partial charge in [0.2, 0.25) is 11.8 Å². The monoisotopic (exact) mass is 376 g/mol. The Kier molecular flexibility index (Phi) is 6.08. The summed E-state index contributed by atoms with van der Waals surface area (Å²) in [7, 11) is 0. The second-order valence-corrected chi connectivity index (χ2v) is 7.50. The fraction of sp³-hybridized carbons (Fsp3) is 0.550. The Labute approximate surface area is 157 Å². The summed E-state index contributed by atoms with van der Waals surface area (Å²) >= 11 is 0. The summed E-state index contributed by atoms with van der Waals surface area (Å²) in [6.45, 7) is 0.989. The number of carbonyl (C=O) groups excluding carboxylic acids is 2. The van der Waals surface area contributed by atoms with Crippen LogP contribution >= 0.6 is 0 Å². The predicted molar refractivity (Wildman–Crippen MR) is 97.4 cm³/mol. The van der Waals surface area contributed by atoms with E-state index >= 15 is 0 Å². The van der Waals surface area contributed by atoms with Gasteiger partial charge < -0.3 is 15.3 Å². The van der Waals surface area contributed by atoms with Crippen LogP contribution in [0.4, 0.5) is 10.1 Å². The second-order valence-electron chi connectivity index (χ2n) is 7.50. The van der Waals surface area contributed by atoms with Crippen molar-refractivity contribution in [1.82, 2.24) is 4.90 Å². The van der Waals surface area contributed by atoms with E-state index in [2.05, 4.69) is 5.32 Å².